The maximum atomic E-state index is 11.9. The van der Waals surface area contributed by atoms with E-state index in [-0.39, 0.29) is 5.91 Å². The summed E-state index contributed by atoms with van der Waals surface area (Å²) in [6.45, 7) is 4.88. The van der Waals surface area contributed by atoms with Gasteiger partial charge in [-0.05, 0) is 48.7 Å². The summed E-state index contributed by atoms with van der Waals surface area (Å²) in [6, 6.07) is 10.9. The summed E-state index contributed by atoms with van der Waals surface area (Å²) in [4.78, 5) is 11.9. The lowest BCUT2D eigenvalue weighted by Gasteiger charge is -2.08. The van der Waals surface area contributed by atoms with Crippen molar-refractivity contribution in [2.45, 2.75) is 20.3 Å². The van der Waals surface area contributed by atoms with Gasteiger partial charge in [-0.15, -0.1) is 10.2 Å². The lowest BCUT2D eigenvalue weighted by molar-refractivity contribution is 0.0946. The zero-order chi connectivity index (χ0) is 16.7. The molecule has 1 aromatic heterocycles. The van der Waals surface area contributed by atoms with Gasteiger partial charge in [-0.3, -0.25) is 4.79 Å². The van der Waals surface area contributed by atoms with Gasteiger partial charge in [0.2, 0.25) is 0 Å². The van der Waals surface area contributed by atoms with E-state index in [1.54, 1.807) is 19.2 Å². The van der Waals surface area contributed by atoms with Gasteiger partial charge in [0.15, 0.2) is 11.5 Å². The number of carbonyl (C=O) groups is 1. The van der Waals surface area contributed by atoms with E-state index >= 15 is 0 Å². The molecule has 0 unspecified atom stereocenters. The van der Waals surface area contributed by atoms with Crippen LogP contribution in [0.2, 0.25) is 0 Å². The van der Waals surface area contributed by atoms with Crippen molar-refractivity contribution >= 4 is 17.4 Å². The average molecular weight is 314 g/mol. The SMILES string of the molecule is COc1ccc(Nc2ccc(C(=O)NCCC(C)C)nn2)cc1. The van der Waals surface area contributed by atoms with Crippen LogP contribution in [0.25, 0.3) is 0 Å². The molecule has 0 saturated carbocycles. The first kappa shape index (κ1) is 16.7. The van der Waals surface area contributed by atoms with Crippen LogP contribution in [0.5, 0.6) is 5.75 Å². The molecule has 1 aromatic carbocycles. The molecule has 0 saturated heterocycles. The lowest BCUT2D eigenvalue weighted by atomic mass is 10.1. The fourth-order valence-electron chi connectivity index (χ4n) is 1.91. The minimum Gasteiger partial charge on any atom is -0.497 e. The van der Waals surface area contributed by atoms with E-state index in [4.69, 9.17) is 4.74 Å². The van der Waals surface area contributed by atoms with Crippen molar-refractivity contribution in [2.75, 3.05) is 19.0 Å². The van der Waals surface area contributed by atoms with Gasteiger partial charge in [-0.2, -0.15) is 0 Å². The number of anilines is 2. The van der Waals surface area contributed by atoms with Crippen LogP contribution in [0.3, 0.4) is 0 Å². The molecule has 1 amide bonds. The quantitative estimate of drug-likeness (QED) is 0.821. The first-order valence-corrected chi connectivity index (χ1v) is 7.61. The predicted octanol–water partition coefficient (Wildman–Crippen LogP) is 3.00. The van der Waals surface area contributed by atoms with E-state index in [0.717, 1.165) is 17.9 Å². The third-order valence-electron chi connectivity index (χ3n) is 3.27. The number of rotatable bonds is 7. The van der Waals surface area contributed by atoms with Crippen LogP contribution in [-0.2, 0) is 0 Å². The summed E-state index contributed by atoms with van der Waals surface area (Å²) in [5.41, 5.74) is 1.18. The third-order valence-corrected chi connectivity index (χ3v) is 3.27. The smallest absolute Gasteiger partial charge is 0.271 e. The number of aromatic nitrogens is 2. The number of ether oxygens (including phenoxy) is 1. The number of carbonyl (C=O) groups excluding carboxylic acids is 1. The Kier molecular flexibility index (Phi) is 5.91. The Labute approximate surface area is 136 Å². The number of nitrogens with one attached hydrogen (secondary N) is 2. The van der Waals surface area contributed by atoms with Gasteiger partial charge < -0.3 is 15.4 Å². The zero-order valence-electron chi connectivity index (χ0n) is 13.7. The van der Waals surface area contributed by atoms with Crippen LogP contribution >= 0.6 is 0 Å². The highest BCUT2D eigenvalue weighted by Crippen LogP contribution is 2.18. The molecule has 0 bridgehead atoms. The van der Waals surface area contributed by atoms with Crippen LogP contribution in [0, 0.1) is 5.92 Å². The molecule has 0 aliphatic rings. The molecule has 0 aliphatic carbocycles. The summed E-state index contributed by atoms with van der Waals surface area (Å²) in [7, 11) is 1.62. The van der Waals surface area contributed by atoms with Crippen LogP contribution in [-0.4, -0.2) is 29.8 Å². The number of amides is 1. The van der Waals surface area contributed by atoms with Gasteiger partial charge >= 0.3 is 0 Å². The Morgan fingerprint density at radius 1 is 1.13 bits per heavy atom. The molecule has 6 heteroatoms. The molecular formula is C17H22N4O2. The minimum atomic E-state index is -0.200. The van der Waals surface area contributed by atoms with E-state index in [2.05, 4.69) is 34.7 Å². The van der Waals surface area contributed by atoms with Gasteiger partial charge in [0.1, 0.15) is 5.75 Å². The summed E-state index contributed by atoms with van der Waals surface area (Å²) in [6.07, 6.45) is 0.941. The molecule has 0 fully saturated rings. The topological polar surface area (TPSA) is 76.1 Å². The molecule has 122 valence electrons. The second kappa shape index (κ2) is 8.12. The monoisotopic (exact) mass is 314 g/mol. The normalized spacial score (nSPS) is 10.4. The molecule has 23 heavy (non-hydrogen) atoms. The van der Waals surface area contributed by atoms with Crippen molar-refractivity contribution in [3.63, 3.8) is 0 Å². The molecule has 6 nitrogen and oxygen atoms in total. The lowest BCUT2D eigenvalue weighted by Crippen LogP contribution is -2.26. The largest absolute Gasteiger partial charge is 0.497 e. The highest BCUT2D eigenvalue weighted by molar-refractivity contribution is 5.92. The Balaban J connectivity index is 1.91. The standard InChI is InChI=1S/C17H22N4O2/c1-12(2)10-11-18-17(22)15-8-9-16(21-20-15)19-13-4-6-14(23-3)7-5-13/h4-9,12H,10-11H2,1-3H3,(H,18,22)(H,19,21). The zero-order valence-corrected chi connectivity index (χ0v) is 13.7. The molecule has 0 atom stereocenters. The van der Waals surface area contributed by atoms with Crippen molar-refractivity contribution in [3.8, 4) is 5.75 Å². The highest BCUT2D eigenvalue weighted by Gasteiger charge is 2.08. The molecule has 2 N–H and O–H groups in total. The molecule has 2 aromatic rings. The number of methoxy groups -OCH3 is 1. The first-order chi connectivity index (χ1) is 11.1. The van der Waals surface area contributed by atoms with Gasteiger partial charge in [-0.25, -0.2) is 0 Å². The summed E-state index contributed by atoms with van der Waals surface area (Å²) in [5, 5.41) is 13.9. The van der Waals surface area contributed by atoms with E-state index < -0.39 is 0 Å². The first-order valence-electron chi connectivity index (χ1n) is 7.61. The Morgan fingerprint density at radius 2 is 1.87 bits per heavy atom. The number of hydrogen-bond acceptors (Lipinski definition) is 5. The van der Waals surface area contributed by atoms with E-state index in [1.807, 2.05) is 24.3 Å². The summed E-state index contributed by atoms with van der Waals surface area (Å²) < 4.78 is 5.11. The minimum absolute atomic E-state index is 0.200. The van der Waals surface area contributed by atoms with Crippen LogP contribution in [0.1, 0.15) is 30.8 Å². The molecular weight excluding hydrogens is 292 g/mol. The molecule has 0 spiro atoms. The maximum absolute atomic E-state index is 11.9. The summed E-state index contributed by atoms with van der Waals surface area (Å²) in [5.74, 6) is 1.72. The van der Waals surface area contributed by atoms with Crippen molar-refractivity contribution in [1.82, 2.24) is 15.5 Å². The Hall–Kier alpha value is -2.63. The number of benzene rings is 1. The highest BCUT2D eigenvalue weighted by atomic mass is 16.5. The van der Waals surface area contributed by atoms with Gasteiger partial charge in [-0.1, -0.05) is 13.8 Å². The third kappa shape index (κ3) is 5.25. The Morgan fingerprint density at radius 3 is 2.43 bits per heavy atom. The van der Waals surface area contributed by atoms with E-state index in [9.17, 15) is 4.79 Å². The molecule has 1 heterocycles. The predicted molar refractivity (Wildman–Crippen MR) is 90.1 cm³/mol. The van der Waals surface area contributed by atoms with Crippen molar-refractivity contribution in [3.05, 3.63) is 42.1 Å². The van der Waals surface area contributed by atoms with Crippen LogP contribution in [0.15, 0.2) is 36.4 Å². The van der Waals surface area contributed by atoms with Crippen molar-refractivity contribution < 1.29 is 9.53 Å². The number of nitrogens with zero attached hydrogens (tertiary/aromatic N) is 2. The molecule has 0 aliphatic heterocycles. The van der Waals surface area contributed by atoms with Gasteiger partial charge in [0.25, 0.3) is 5.91 Å². The van der Waals surface area contributed by atoms with Gasteiger partial charge in [0, 0.05) is 12.2 Å². The van der Waals surface area contributed by atoms with E-state index in [1.165, 1.54) is 0 Å². The van der Waals surface area contributed by atoms with E-state index in [0.29, 0.717) is 24.0 Å². The van der Waals surface area contributed by atoms with Crippen LogP contribution in [0.4, 0.5) is 11.5 Å². The average Bonchev–Trinajstić information content (AvgIpc) is 2.56. The van der Waals surface area contributed by atoms with Crippen molar-refractivity contribution in [1.29, 1.82) is 0 Å². The maximum Gasteiger partial charge on any atom is 0.271 e. The molecule has 0 radical (unpaired) electrons. The van der Waals surface area contributed by atoms with Crippen molar-refractivity contribution in [2.24, 2.45) is 5.92 Å². The number of hydrogen-bond donors (Lipinski definition) is 2. The fourth-order valence-corrected chi connectivity index (χ4v) is 1.91. The summed E-state index contributed by atoms with van der Waals surface area (Å²) >= 11 is 0. The second-order valence-electron chi connectivity index (χ2n) is 5.60. The molecule has 2 rings (SSSR count). The fraction of sp³-hybridized carbons (Fsp3) is 0.353. The van der Waals surface area contributed by atoms with Gasteiger partial charge in [0.05, 0.1) is 7.11 Å². The second-order valence-corrected chi connectivity index (χ2v) is 5.60. The Bertz CT molecular complexity index is 624. The van der Waals surface area contributed by atoms with Crippen LogP contribution < -0.4 is 15.4 Å².